The summed E-state index contributed by atoms with van der Waals surface area (Å²) in [6.07, 6.45) is 1.73. The molecule has 0 saturated carbocycles. The van der Waals surface area contributed by atoms with Gasteiger partial charge in [0.15, 0.2) is 0 Å². The van der Waals surface area contributed by atoms with Crippen LogP contribution in [-0.4, -0.2) is 36.2 Å². The molecule has 1 aromatic carbocycles. The number of thiazole rings is 1. The quantitative estimate of drug-likeness (QED) is 0.668. The van der Waals surface area contributed by atoms with Crippen molar-refractivity contribution in [2.24, 2.45) is 0 Å². The van der Waals surface area contributed by atoms with Gasteiger partial charge in [-0.3, -0.25) is 0 Å². The number of nitrogens with one attached hydrogen (secondary N) is 1. The first-order chi connectivity index (χ1) is 12.5. The Hall–Kier alpha value is -2.22. The molecule has 3 rings (SSSR count). The van der Waals surface area contributed by atoms with Crippen molar-refractivity contribution in [1.29, 1.82) is 0 Å². The molecule has 0 aliphatic rings. The van der Waals surface area contributed by atoms with E-state index in [0.717, 1.165) is 32.6 Å². The van der Waals surface area contributed by atoms with Crippen LogP contribution in [0.2, 0.25) is 5.02 Å². The van der Waals surface area contributed by atoms with Crippen molar-refractivity contribution in [2.75, 3.05) is 31.4 Å². The van der Waals surface area contributed by atoms with Gasteiger partial charge in [0, 0.05) is 33.1 Å². The molecule has 0 radical (unpaired) electrons. The smallest absolute Gasteiger partial charge is 0.227 e. The van der Waals surface area contributed by atoms with E-state index in [0.29, 0.717) is 17.6 Å². The lowest BCUT2D eigenvalue weighted by Crippen LogP contribution is -2.09. The molecule has 0 spiro atoms. The first-order valence-corrected chi connectivity index (χ1v) is 9.20. The first kappa shape index (κ1) is 18.6. The fourth-order valence-corrected chi connectivity index (χ4v) is 3.85. The maximum atomic E-state index is 6.33. The first-order valence-electron chi connectivity index (χ1n) is 8.00. The van der Waals surface area contributed by atoms with Crippen LogP contribution in [0.4, 0.5) is 17.3 Å². The molecule has 0 atom stereocenters. The van der Waals surface area contributed by atoms with Gasteiger partial charge in [-0.15, -0.1) is 11.3 Å². The Morgan fingerprint density at radius 3 is 2.73 bits per heavy atom. The van der Waals surface area contributed by atoms with Crippen LogP contribution in [0.25, 0.3) is 10.6 Å². The van der Waals surface area contributed by atoms with E-state index in [9.17, 15) is 0 Å². The third kappa shape index (κ3) is 4.12. The Balaban J connectivity index is 1.85. The highest BCUT2D eigenvalue weighted by molar-refractivity contribution is 7.15. The summed E-state index contributed by atoms with van der Waals surface area (Å²) in [5.74, 6) is 0.511. The van der Waals surface area contributed by atoms with Crippen LogP contribution in [0.3, 0.4) is 0 Å². The third-order valence-electron chi connectivity index (χ3n) is 3.68. The monoisotopic (exact) mass is 389 g/mol. The van der Waals surface area contributed by atoms with Gasteiger partial charge in [-0.25, -0.2) is 15.0 Å². The Kier molecular flexibility index (Phi) is 5.70. The van der Waals surface area contributed by atoms with Crippen LogP contribution in [-0.2, 0) is 11.3 Å². The summed E-state index contributed by atoms with van der Waals surface area (Å²) in [4.78, 5) is 16.4. The van der Waals surface area contributed by atoms with Crippen LogP contribution in [0.5, 0.6) is 0 Å². The highest BCUT2D eigenvalue weighted by Gasteiger charge is 2.12. The number of halogens is 1. The van der Waals surface area contributed by atoms with Gasteiger partial charge in [-0.1, -0.05) is 11.6 Å². The highest BCUT2D eigenvalue weighted by atomic mass is 35.5. The van der Waals surface area contributed by atoms with Gasteiger partial charge in [0.2, 0.25) is 5.95 Å². The molecule has 2 heterocycles. The minimum atomic E-state index is 0.498. The molecule has 3 aromatic rings. The standard InChI is InChI=1S/C18H20ClN5OS/c1-11-17(26-16(21-11)10-25-4)14-7-8-20-18(23-14)22-12-5-6-15(24(2)3)13(19)9-12/h5-9H,10H2,1-4H3,(H,20,22,23). The number of aryl methyl sites for hydroxylation is 1. The number of nitrogens with zero attached hydrogens (tertiary/aromatic N) is 4. The predicted molar refractivity (Wildman–Crippen MR) is 108 cm³/mol. The topological polar surface area (TPSA) is 63.2 Å². The molecule has 8 heteroatoms. The van der Waals surface area contributed by atoms with Gasteiger partial charge < -0.3 is 15.0 Å². The number of hydrogen-bond acceptors (Lipinski definition) is 7. The van der Waals surface area contributed by atoms with E-state index in [4.69, 9.17) is 16.3 Å². The Morgan fingerprint density at radius 2 is 2.04 bits per heavy atom. The molecule has 136 valence electrons. The fourth-order valence-electron chi connectivity index (χ4n) is 2.50. The van der Waals surface area contributed by atoms with Crippen molar-refractivity contribution >= 4 is 40.3 Å². The van der Waals surface area contributed by atoms with Gasteiger partial charge in [0.1, 0.15) is 5.01 Å². The fraction of sp³-hybridized carbons (Fsp3) is 0.278. The summed E-state index contributed by atoms with van der Waals surface area (Å²) in [5.41, 5.74) is 3.55. The van der Waals surface area contributed by atoms with Gasteiger partial charge in [0.25, 0.3) is 0 Å². The lowest BCUT2D eigenvalue weighted by atomic mass is 10.2. The second-order valence-corrected chi connectivity index (χ2v) is 7.40. The molecule has 0 aliphatic heterocycles. The van der Waals surface area contributed by atoms with Crippen molar-refractivity contribution < 1.29 is 4.74 Å². The molecule has 0 saturated heterocycles. The minimum Gasteiger partial charge on any atom is -0.378 e. The number of anilines is 3. The van der Waals surface area contributed by atoms with E-state index >= 15 is 0 Å². The maximum Gasteiger partial charge on any atom is 0.227 e. The van der Waals surface area contributed by atoms with Crippen LogP contribution in [0.15, 0.2) is 30.5 Å². The largest absolute Gasteiger partial charge is 0.378 e. The number of rotatable bonds is 6. The molecule has 6 nitrogen and oxygen atoms in total. The van der Waals surface area contributed by atoms with E-state index in [2.05, 4.69) is 20.3 Å². The van der Waals surface area contributed by atoms with Crippen LogP contribution < -0.4 is 10.2 Å². The van der Waals surface area contributed by atoms with Gasteiger partial charge in [-0.2, -0.15) is 0 Å². The normalized spacial score (nSPS) is 10.8. The second-order valence-electron chi connectivity index (χ2n) is 5.91. The number of hydrogen-bond donors (Lipinski definition) is 1. The molecule has 2 aromatic heterocycles. The van der Waals surface area contributed by atoms with Crippen LogP contribution >= 0.6 is 22.9 Å². The Bertz CT molecular complexity index is 912. The molecule has 1 N–H and O–H groups in total. The van der Waals surface area contributed by atoms with E-state index < -0.39 is 0 Å². The van der Waals surface area contributed by atoms with E-state index in [1.165, 1.54) is 0 Å². The molecule has 0 aliphatic carbocycles. The molecule has 0 amide bonds. The van der Waals surface area contributed by atoms with Crippen molar-refractivity contribution in [1.82, 2.24) is 15.0 Å². The molecule has 0 fully saturated rings. The average Bonchev–Trinajstić information content (AvgIpc) is 2.96. The molecule has 26 heavy (non-hydrogen) atoms. The summed E-state index contributed by atoms with van der Waals surface area (Å²) >= 11 is 7.91. The molecular weight excluding hydrogens is 370 g/mol. The Morgan fingerprint density at radius 1 is 1.23 bits per heavy atom. The van der Waals surface area contributed by atoms with Crippen molar-refractivity contribution in [2.45, 2.75) is 13.5 Å². The van der Waals surface area contributed by atoms with E-state index in [1.54, 1.807) is 24.6 Å². The third-order valence-corrected chi connectivity index (χ3v) is 5.14. The highest BCUT2D eigenvalue weighted by Crippen LogP contribution is 2.31. The zero-order valence-corrected chi connectivity index (χ0v) is 16.6. The van der Waals surface area contributed by atoms with E-state index in [1.807, 2.05) is 50.2 Å². The summed E-state index contributed by atoms with van der Waals surface area (Å²) in [7, 11) is 5.57. The summed E-state index contributed by atoms with van der Waals surface area (Å²) in [5, 5.41) is 4.80. The number of methoxy groups -OCH3 is 1. The summed E-state index contributed by atoms with van der Waals surface area (Å²) in [6.45, 7) is 2.47. The number of aromatic nitrogens is 3. The Labute approximate surface area is 161 Å². The lowest BCUT2D eigenvalue weighted by Gasteiger charge is -2.15. The predicted octanol–water partition coefficient (Wildman–Crippen LogP) is 4.52. The van der Waals surface area contributed by atoms with Crippen molar-refractivity contribution in [3.05, 3.63) is 46.2 Å². The van der Waals surface area contributed by atoms with Crippen molar-refractivity contribution in [3.8, 4) is 10.6 Å². The summed E-state index contributed by atoms with van der Waals surface area (Å²) < 4.78 is 5.16. The van der Waals surface area contributed by atoms with Crippen LogP contribution in [0.1, 0.15) is 10.7 Å². The van der Waals surface area contributed by atoms with Crippen molar-refractivity contribution in [3.63, 3.8) is 0 Å². The minimum absolute atomic E-state index is 0.498. The molecule has 0 unspecified atom stereocenters. The zero-order valence-electron chi connectivity index (χ0n) is 15.1. The number of ether oxygens (including phenoxy) is 1. The van der Waals surface area contributed by atoms with Gasteiger partial charge in [-0.05, 0) is 31.2 Å². The number of benzene rings is 1. The summed E-state index contributed by atoms with van der Waals surface area (Å²) in [6, 6.07) is 7.65. The van der Waals surface area contributed by atoms with Gasteiger partial charge in [0.05, 0.1) is 33.6 Å². The zero-order chi connectivity index (χ0) is 18.7. The molecular formula is C18H20ClN5OS. The van der Waals surface area contributed by atoms with Crippen LogP contribution in [0, 0.1) is 6.92 Å². The van der Waals surface area contributed by atoms with E-state index in [-0.39, 0.29) is 0 Å². The molecule has 0 bridgehead atoms. The second kappa shape index (κ2) is 7.99. The maximum absolute atomic E-state index is 6.33. The van der Waals surface area contributed by atoms with Gasteiger partial charge >= 0.3 is 0 Å². The lowest BCUT2D eigenvalue weighted by molar-refractivity contribution is 0.184. The SMILES string of the molecule is COCc1nc(C)c(-c2ccnc(Nc3ccc(N(C)C)c(Cl)c3)n2)s1. The average molecular weight is 390 g/mol.